The van der Waals surface area contributed by atoms with Crippen LogP contribution in [0.3, 0.4) is 0 Å². The molecule has 0 unspecified atom stereocenters. The summed E-state index contributed by atoms with van der Waals surface area (Å²) in [5, 5.41) is 2.74. The van der Waals surface area contributed by atoms with Crippen LogP contribution in [0.2, 0.25) is 0 Å². The van der Waals surface area contributed by atoms with Crippen LogP contribution in [0.25, 0.3) is 0 Å². The van der Waals surface area contributed by atoms with Crippen LogP contribution in [-0.4, -0.2) is 10.9 Å². The summed E-state index contributed by atoms with van der Waals surface area (Å²) in [4.78, 5) is 16.6. The molecule has 1 fully saturated rings. The summed E-state index contributed by atoms with van der Waals surface area (Å²) < 4.78 is 27.4. The first-order chi connectivity index (χ1) is 10.6. The van der Waals surface area contributed by atoms with Crippen LogP contribution >= 0.6 is 0 Å². The Morgan fingerprint density at radius 3 is 2.55 bits per heavy atom. The van der Waals surface area contributed by atoms with Crippen LogP contribution in [0, 0.1) is 24.5 Å². The number of benzene rings is 1. The van der Waals surface area contributed by atoms with Crippen molar-refractivity contribution < 1.29 is 13.6 Å². The maximum atomic E-state index is 13.7. The molecule has 22 heavy (non-hydrogen) atoms. The quantitative estimate of drug-likeness (QED) is 0.938. The second kappa shape index (κ2) is 5.83. The normalized spacial score (nSPS) is 15.4. The molecule has 1 N–H and O–H groups in total. The molecule has 1 saturated carbocycles. The molecule has 3 nitrogen and oxygen atoms in total. The molecular weight excluding hydrogens is 286 g/mol. The predicted molar refractivity (Wildman–Crippen MR) is 78.3 cm³/mol. The zero-order valence-electron chi connectivity index (χ0n) is 12.1. The van der Waals surface area contributed by atoms with E-state index in [2.05, 4.69) is 10.3 Å². The second-order valence-corrected chi connectivity index (χ2v) is 5.64. The average molecular weight is 302 g/mol. The van der Waals surface area contributed by atoms with Crippen molar-refractivity contribution in [1.29, 1.82) is 0 Å². The highest BCUT2D eigenvalue weighted by Gasteiger charge is 2.35. The van der Waals surface area contributed by atoms with Crippen molar-refractivity contribution in [3.05, 3.63) is 65.0 Å². The highest BCUT2D eigenvalue weighted by Crippen LogP contribution is 2.40. The van der Waals surface area contributed by atoms with E-state index in [-0.39, 0.29) is 12.0 Å². The first kappa shape index (κ1) is 14.6. The summed E-state index contributed by atoms with van der Waals surface area (Å²) in [5.41, 5.74) is 1.22. The van der Waals surface area contributed by atoms with E-state index in [0.29, 0.717) is 0 Å². The summed E-state index contributed by atoms with van der Waals surface area (Å²) >= 11 is 0. The monoisotopic (exact) mass is 302 g/mol. The largest absolute Gasteiger partial charge is 0.343 e. The Bertz CT molecular complexity index is 693. The maximum absolute atomic E-state index is 13.7. The maximum Gasteiger partial charge on any atom is 0.257 e. The van der Waals surface area contributed by atoms with Gasteiger partial charge in [0.25, 0.3) is 5.91 Å². The van der Waals surface area contributed by atoms with Gasteiger partial charge in [0.2, 0.25) is 0 Å². The Morgan fingerprint density at radius 1 is 1.27 bits per heavy atom. The van der Waals surface area contributed by atoms with Gasteiger partial charge >= 0.3 is 0 Å². The number of amides is 1. The third kappa shape index (κ3) is 2.98. The number of rotatable bonds is 4. The lowest BCUT2D eigenvalue weighted by atomic mass is 10.1. The third-order valence-corrected chi connectivity index (χ3v) is 3.83. The number of hydrogen-bond acceptors (Lipinski definition) is 2. The minimum Gasteiger partial charge on any atom is -0.343 e. The first-order valence-electron chi connectivity index (χ1n) is 7.23. The molecule has 2 aromatic rings. The molecule has 114 valence electrons. The van der Waals surface area contributed by atoms with Crippen LogP contribution in [0.15, 0.2) is 36.5 Å². The first-order valence-corrected chi connectivity index (χ1v) is 7.23. The lowest BCUT2D eigenvalue weighted by Gasteiger charge is -2.18. The van der Waals surface area contributed by atoms with Crippen molar-refractivity contribution >= 4 is 5.91 Å². The number of aromatic nitrogens is 1. The van der Waals surface area contributed by atoms with Crippen molar-refractivity contribution in [3.63, 3.8) is 0 Å². The molecule has 5 heteroatoms. The number of nitrogens with zero attached hydrogens (tertiary/aromatic N) is 1. The standard InChI is InChI=1S/C17H16F2N2O/c1-10-7-8-20-14(9-10)16(11-5-6-11)21-17(22)15-12(18)3-2-4-13(15)19/h2-4,7-9,11,16H,5-6H2,1H3,(H,21,22)/t16-/m0/s1. The van der Waals surface area contributed by atoms with E-state index in [4.69, 9.17) is 0 Å². The van der Waals surface area contributed by atoms with Gasteiger partial charge in [-0.1, -0.05) is 6.07 Å². The van der Waals surface area contributed by atoms with Crippen LogP contribution in [0.4, 0.5) is 8.78 Å². The molecule has 0 radical (unpaired) electrons. The Balaban J connectivity index is 1.87. The summed E-state index contributed by atoms with van der Waals surface area (Å²) in [5.74, 6) is -2.18. The minimum absolute atomic E-state index is 0.271. The number of carbonyl (C=O) groups is 1. The van der Waals surface area contributed by atoms with E-state index < -0.39 is 23.1 Å². The molecule has 1 heterocycles. The molecule has 1 amide bonds. The molecule has 1 aromatic heterocycles. The van der Waals surface area contributed by atoms with E-state index >= 15 is 0 Å². The third-order valence-electron chi connectivity index (χ3n) is 3.83. The van der Waals surface area contributed by atoms with Crippen molar-refractivity contribution in [2.24, 2.45) is 5.92 Å². The minimum atomic E-state index is -0.857. The molecule has 0 spiro atoms. The molecule has 1 atom stereocenters. The smallest absolute Gasteiger partial charge is 0.257 e. The molecule has 0 saturated heterocycles. The molecule has 1 aliphatic rings. The van der Waals surface area contributed by atoms with Crippen LogP contribution in [0.1, 0.15) is 40.5 Å². The summed E-state index contributed by atoms with van der Waals surface area (Å²) in [7, 11) is 0. The Morgan fingerprint density at radius 2 is 1.95 bits per heavy atom. The average Bonchev–Trinajstić information content (AvgIpc) is 3.29. The SMILES string of the molecule is Cc1ccnc([C@@H](NC(=O)c2c(F)cccc2F)C2CC2)c1. The van der Waals surface area contributed by atoms with Crippen molar-refractivity contribution in [1.82, 2.24) is 10.3 Å². The number of hydrogen-bond donors (Lipinski definition) is 1. The lowest BCUT2D eigenvalue weighted by molar-refractivity contribution is 0.0922. The highest BCUT2D eigenvalue weighted by molar-refractivity contribution is 5.95. The Labute approximate surface area is 127 Å². The molecular formula is C17H16F2N2O. The van der Waals surface area contributed by atoms with Crippen molar-refractivity contribution in [3.8, 4) is 0 Å². The van der Waals surface area contributed by atoms with E-state index in [1.54, 1.807) is 6.20 Å². The van der Waals surface area contributed by atoms with Gasteiger partial charge in [-0.3, -0.25) is 9.78 Å². The Hall–Kier alpha value is -2.30. The van der Waals surface area contributed by atoms with E-state index in [9.17, 15) is 13.6 Å². The van der Waals surface area contributed by atoms with Gasteiger partial charge in [0.05, 0.1) is 11.7 Å². The van der Waals surface area contributed by atoms with Gasteiger partial charge in [-0.2, -0.15) is 0 Å². The molecule has 0 aliphatic heterocycles. The number of halogens is 2. The molecule has 0 bridgehead atoms. The molecule has 1 aromatic carbocycles. The van der Waals surface area contributed by atoms with Crippen molar-refractivity contribution in [2.45, 2.75) is 25.8 Å². The van der Waals surface area contributed by atoms with Gasteiger partial charge in [0, 0.05) is 6.20 Å². The summed E-state index contributed by atoms with van der Waals surface area (Å²) in [6, 6.07) is 6.84. The van der Waals surface area contributed by atoms with Crippen LogP contribution in [-0.2, 0) is 0 Å². The molecule has 1 aliphatic carbocycles. The number of pyridine rings is 1. The van der Waals surface area contributed by atoms with Gasteiger partial charge in [0.1, 0.15) is 17.2 Å². The fourth-order valence-electron chi connectivity index (χ4n) is 2.52. The fourth-order valence-corrected chi connectivity index (χ4v) is 2.52. The Kier molecular flexibility index (Phi) is 3.88. The van der Waals surface area contributed by atoms with Gasteiger partial charge in [-0.25, -0.2) is 8.78 Å². The zero-order chi connectivity index (χ0) is 15.7. The molecule has 3 rings (SSSR count). The van der Waals surface area contributed by atoms with Crippen LogP contribution in [0.5, 0.6) is 0 Å². The van der Waals surface area contributed by atoms with E-state index in [1.165, 1.54) is 6.07 Å². The zero-order valence-corrected chi connectivity index (χ0v) is 12.1. The van der Waals surface area contributed by atoms with Gasteiger partial charge < -0.3 is 5.32 Å². The van der Waals surface area contributed by atoms with Gasteiger partial charge in [-0.05, 0) is 55.5 Å². The fraction of sp³-hybridized carbons (Fsp3) is 0.294. The lowest BCUT2D eigenvalue weighted by Crippen LogP contribution is -2.31. The van der Waals surface area contributed by atoms with Gasteiger partial charge in [-0.15, -0.1) is 0 Å². The van der Waals surface area contributed by atoms with Crippen LogP contribution < -0.4 is 5.32 Å². The van der Waals surface area contributed by atoms with E-state index in [0.717, 1.165) is 36.2 Å². The second-order valence-electron chi connectivity index (χ2n) is 5.64. The number of aryl methyl sites for hydroxylation is 1. The van der Waals surface area contributed by atoms with Gasteiger partial charge in [0.15, 0.2) is 0 Å². The number of nitrogens with one attached hydrogen (secondary N) is 1. The highest BCUT2D eigenvalue weighted by atomic mass is 19.1. The summed E-state index contributed by atoms with van der Waals surface area (Å²) in [6.45, 7) is 1.94. The predicted octanol–water partition coefficient (Wildman–Crippen LogP) is 3.55. The topological polar surface area (TPSA) is 42.0 Å². The van der Waals surface area contributed by atoms with E-state index in [1.807, 2.05) is 19.1 Å². The summed E-state index contributed by atoms with van der Waals surface area (Å²) in [6.07, 6.45) is 3.62. The number of carbonyl (C=O) groups excluding carboxylic acids is 1. The van der Waals surface area contributed by atoms with Crippen molar-refractivity contribution in [2.75, 3.05) is 0 Å².